The molecule has 1 saturated carbocycles. The molecule has 0 atom stereocenters. The average Bonchev–Trinajstić information content (AvgIpc) is 3.01. The van der Waals surface area contributed by atoms with Gasteiger partial charge in [0.25, 0.3) is 0 Å². The van der Waals surface area contributed by atoms with Gasteiger partial charge in [0, 0.05) is 22.7 Å². The zero-order chi connectivity index (χ0) is 17.6. The fourth-order valence-electron chi connectivity index (χ4n) is 3.44. The number of carboxylic acids is 1. The highest BCUT2D eigenvalue weighted by molar-refractivity contribution is 6.05. The molecule has 5 heteroatoms. The third kappa shape index (κ3) is 2.39. The molecule has 25 heavy (non-hydrogen) atoms. The largest absolute Gasteiger partial charge is 0.478 e. The van der Waals surface area contributed by atoms with Crippen molar-refractivity contribution < 1.29 is 15.0 Å². The number of H-pyrrole nitrogens is 1. The molecule has 0 amide bonds. The number of hydrogen-bond acceptors (Lipinski definition) is 3. The second-order valence-corrected chi connectivity index (χ2v) is 6.53. The Morgan fingerprint density at radius 2 is 1.92 bits per heavy atom. The monoisotopic (exact) mass is 332 g/mol. The number of aromatic nitrogens is 1. The van der Waals surface area contributed by atoms with Crippen LogP contribution in [0.4, 0.5) is 0 Å². The molecule has 1 aromatic heterocycles. The molecule has 1 heterocycles. The van der Waals surface area contributed by atoms with Gasteiger partial charge in [0.15, 0.2) is 0 Å². The summed E-state index contributed by atoms with van der Waals surface area (Å²) < 4.78 is 0. The number of nitrogens with zero attached hydrogens (tertiary/aromatic N) is 1. The lowest BCUT2D eigenvalue weighted by atomic mass is 9.75. The summed E-state index contributed by atoms with van der Waals surface area (Å²) in [6, 6.07) is 13.1. The summed E-state index contributed by atoms with van der Waals surface area (Å²) in [5.74, 6) is -1.01. The van der Waals surface area contributed by atoms with E-state index < -0.39 is 11.6 Å². The van der Waals surface area contributed by atoms with E-state index in [4.69, 9.17) is 0 Å². The predicted molar refractivity (Wildman–Crippen MR) is 93.2 cm³/mol. The van der Waals surface area contributed by atoms with Crippen LogP contribution in [0.15, 0.2) is 42.6 Å². The van der Waals surface area contributed by atoms with E-state index in [1.807, 2.05) is 24.3 Å². The van der Waals surface area contributed by atoms with Crippen LogP contribution in [0.2, 0.25) is 0 Å². The molecule has 2 aromatic carbocycles. The van der Waals surface area contributed by atoms with Crippen LogP contribution in [-0.4, -0.2) is 21.2 Å². The van der Waals surface area contributed by atoms with Gasteiger partial charge >= 0.3 is 5.97 Å². The van der Waals surface area contributed by atoms with Gasteiger partial charge in [-0.1, -0.05) is 24.3 Å². The number of aliphatic hydroxyl groups is 1. The van der Waals surface area contributed by atoms with Crippen molar-refractivity contribution in [3.8, 4) is 17.2 Å². The molecule has 0 aliphatic heterocycles. The number of fused-ring (bicyclic) bond motifs is 1. The lowest BCUT2D eigenvalue weighted by molar-refractivity contribution is -0.0387. The van der Waals surface area contributed by atoms with Crippen LogP contribution in [0.1, 0.15) is 40.7 Å². The van der Waals surface area contributed by atoms with Crippen LogP contribution in [0.5, 0.6) is 0 Å². The summed E-state index contributed by atoms with van der Waals surface area (Å²) in [6.07, 6.45) is 4.01. The maximum Gasteiger partial charge on any atom is 0.337 e. The van der Waals surface area contributed by atoms with E-state index in [0.29, 0.717) is 22.0 Å². The third-order valence-corrected chi connectivity index (χ3v) is 5.08. The second kappa shape index (κ2) is 5.47. The van der Waals surface area contributed by atoms with E-state index in [1.165, 1.54) is 6.20 Å². The van der Waals surface area contributed by atoms with Gasteiger partial charge in [-0.2, -0.15) is 5.26 Å². The molecular formula is C20H16N2O3. The van der Waals surface area contributed by atoms with Crippen LogP contribution in [0, 0.1) is 11.3 Å². The zero-order valence-corrected chi connectivity index (χ0v) is 13.4. The summed E-state index contributed by atoms with van der Waals surface area (Å²) in [5.41, 5.74) is 2.94. The van der Waals surface area contributed by atoms with E-state index in [0.717, 1.165) is 30.4 Å². The predicted octanol–water partition coefficient (Wildman–Crippen LogP) is 3.78. The van der Waals surface area contributed by atoms with E-state index in [2.05, 4.69) is 11.1 Å². The van der Waals surface area contributed by atoms with Crippen molar-refractivity contribution in [1.82, 2.24) is 4.98 Å². The normalized spacial score (nSPS) is 15.5. The summed E-state index contributed by atoms with van der Waals surface area (Å²) >= 11 is 0. The van der Waals surface area contributed by atoms with Crippen molar-refractivity contribution in [3.05, 3.63) is 59.3 Å². The maximum absolute atomic E-state index is 11.4. The summed E-state index contributed by atoms with van der Waals surface area (Å²) in [6.45, 7) is 0. The molecule has 3 aromatic rings. The molecule has 5 nitrogen and oxygen atoms in total. The molecule has 3 N–H and O–H groups in total. The van der Waals surface area contributed by atoms with Crippen LogP contribution in [0.3, 0.4) is 0 Å². The SMILES string of the molecule is N#Cc1cc2[nH]cc(C(=O)O)c2cc1-c1ccc(C2(O)CCC2)cc1. The topological polar surface area (TPSA) is 97.1 Å². The highest BCUT2D eigenvalue weighted by Crippen LogP contribution is 2.41. The number of benzene rings is 2. The fourth-order valence-corrected chi connectivity index (χ4v) is 3.44. The van der Waals surface area contributed by atoms with Gasteiger partial charge in [-0.05, 0) is 42.5 Å². The van der Waals surface area contributed by atoms with E-state index in [9.17, 15) is 20.3 Å². The minimum atomic E-state index is -1.01. The van der Waals surface area contributed by atoms with Crippen molar-refractivity contribution >= 4 is 16.9 Å². The molecule has 0 bridgehead atoms. The fraction of sp³-hybridized carbons (Fsp3) is 0.200. The molecule has 4 rings (SSSR count). The van der Waals surface area contributed by atoms with Gasteiger partial charge in [0.2, 0.25) is 0 Å². The number of hydrogen-bond donors (Lipinski definition) is 3. The van der Waals surface area contributed by atoms with Gasteiger partial charge in [0.05, 0.1) is 22.8 Å². The van der Waals surface area contributed by atoms with Crippen molar-refractivity contribution in [3.63, 3.8) is 0 Å². The number of carbonyl (C=O) groups is 1. The van der Waals surface area contributed by atoms with E-state index in [1.54, 1.807) is 12.1 Å². The van der Waals surface area contributed by atoms with Gasteiger partial charge in [-0.3, -0.25) is 0 Å². The first-order valence-electron chi connectivity index (χ1n) is 8.14. The Bertz CT molecular complexity index is 1020. The van der Waals surface area contributed by atoms with E-state index in [-0.39, 0.29) is 5.56 Å². The molecule has 0 saturated heterocycles. The first-order chi connectivity index (χ1) is 12.0. The first kappa shape index (κ1) is 15.4. The molecule has 1 fully saturated rings. The Kier molecular flexibility index (Phi) is 3.38. The average molecular weight is 332 g/mol. The molecule has 1 aliphatic rings. The van der Waals surface area contributed by atoms with Crippen molar-refractivity contribution in [2.24, 2.45) is 0 Å². The van der Waals surface area contributed by atoms with E-state index >= 15 is 0 Å². The Labute approximate surface area is 144 Å². The molecule has 0 unspecified atom stereocenters. The van der Waals surface area contributed by atoms with Crippen molar-refractivity contribution in [1.29, 1.82) is 5.26 Å². The quantitative estimate of drug-likeness (QED) is 0.680. The van der Waals surface area contributed by atoms with Gasteiger partial charge in [0.1, 0.15) is 0 Å². The molecule has 0 spiro atoms. The van der Waals surface area contributed by atoms with Crippen LogP contribution in [-0.2, 0) is 5.60 Å². The van der Waals surface area contributed by atoms with Gasteiger partial charge in [-0.15, -0.1) is 0 Å². The molecular weight excluding hydrogens is 316 g/mol. The number of aromatic amines is 1. The molecule has 124 valence electrons. The molecule has 0 radical (unpaired) electrons. The lowest BCUT2D eigenvalue weighted by Gasteiger charge is -2.37. The minimum Gasteiger partial charge on any atom is -0.478 e. The standard InChI is InChI=1S/C20H16N2O3/c21-10-13-8-18-16(17(11-22-18)19(23)24)9-15(13)12-2-4-14(5-3-12)20(25)6-1-7-20/h2-5,8-9,11,22,25H,1,6-7H2,(H,23,24). The van der Waals surface area contributed by atoms with Crippen LogP contribution >= 0.6 is 0 Å². The van der Waals surface area contributed by atoms with Gasteiger partial charge in [-0.25, -0.2) is 4.79 Å². The van der Waals surface area contributed by atoms with Crippen LogP contribution in [0.25, 0.3) is 22.0 Å². The van der Waals surface area contributed by atoms with Crippen LogP contribution < -0.4 is 0 Å². The molecule has 1 aliphatic carbocycles. The number of nitrogens with one attached hydrogen (secondary N) is 1. The minimum absolute atomic E-state index is 0.182. The Balaban J connectivity index is 1.83. The third-order valence-electron chi connectivity index (χ3n) is 5.08. The maximum atomic E-state index is 11.4. The summed E-state index contributed by atoms with van der Waals surface area (Å²) in [7, 11) is 0. The number of aromatic carboxylic acids is 1. The lowest BCUT2D eigenvalue weighted by Crippen LogP contribution is -2.33. The number of carboxylic acid groups (broad SMARTS) is 1. The highest BCUT2D eigenvalue weighted by atomic mass is 16.4. The van der Waals surface area contributed by atoms with Crippen molar-refractivity contribution in [2.45, 2.75) is 24.9 Å². The Morgan fingerprint density at radius 1 is 1.20 bits per heavy atom. The first-order valence-corrected chi connectivity index (χ1v) is 8.14. The zero-order valence-electron chi connectivity index (χ0n) is 13.4. The van der Waals surface area contributed by atoms with Crippen molar-refractivity contribution in [2.75, 3.05) is 0 Å². The second-order valence-electron chi connectivity index (χ2n) is 6.53. The summed E-state index contributed by atoms with van der Waals surface area (Å²) in [4.78, 5) is 14.3. The Morgan fingerprint density at radius 3 is 2.48 bits per heavy atom. The Hall–Kier alpha value is -3.10. The summed E-state index contributed by atoms with van der Waals surface area (Å²) in [5, 5.41) is 29.8. The number of rotatable bonds is 3. The number of nitriles is 1. The highest BCUT2D eigenvalue weighted by Gasteiger charge is 2.35. The smallest absolute Gasteiger partial charge is 0.337 e. The van der Waals surface area contributed by atoms with Gasteiger partial charge < -0.3 is 15.2 Å².